The van der Waals surface area contributed by atoms with Crippen LogP contribution < -0.4 is 0 Å². The van der Waals surface area contributed by atoms with Gasteiger partial charge in [-0.1, -0.05) is 44.7 Å². The van der Waals surface area contributed by atoms with Gasteiger partial charge < -0.3 is 4.74 Å². The molecule has 0 bridgehead atoms. The molecule has 0 spiro atoms. The Kier molecular flexibility index (Phi) is 5.15. The van der Waals surface area contributed by atoms with Crippen molar-refractivity contribution >= 4 is 5.97 Å². The molecule has 112 valence electrons. The number of nitrogens with zero attached hydrogens (tertiary/aromatic N) is 3. The number of hydrogen-bond acceptors (Lipinski definition) is 4. The van der Waals surface area contributed by atoms with Crippen LogP contribution in [0.1, 0.15) is 74.6 Å². The number of ether oxygens (including phenoxy) is 1. The first-order valence-electron chi connectivity index (χ1n) is 7.68. The minimum Gasteiger partial charge on any atom is -0.461 e. The summed E-state index contributed by atoms with van der Waals surface area (Å²) in [4.78, 5) is 12.0. The highest BCUT2D eigenvalue weighted by Gasteiger charge is 2.23. The van der Waals surface area contributed by atoms with Crippen molar-refractivity contribution in [3.63, 3.8) is 0 Å². The summed E-state index contributed by atoms with van der Waals surface area (Å²) in [5.41, 5.74) is 1.21. The second-order valence-electron chi connectivity index (χ2n) is 6.11. The van der Waals surface area contributed by atoms with E-state index in [1.54, 1.807) is 0 Å². The Bertz CT molecular complexity index is 446. The van der Waals surface area contributed by atoms with E-state index in [0.717, 1.165) is 18.5 Å². The molecule has 1 saturated carbocycles. The summed E-state index contributed by atoms with van der Waals surface area (Å²) >= 11 is 0. The van der Waals surface area contributed by atoms with Crippen LogP contribution in [-0.4, -0.2) is 27.6 Å². The van der Waals surface area contributed by atoms with Crippen LogP contribution in [0.2, 0.25) is 0 Å². The van der Waals surface area contributed by atoms with Crippen LogP contribution in [0.4, 0.5) is 0 Å². The van der Waals surface area contributed by atoms with Crippen LogP contribution in [0.3, 0.4) is 0 Å². The highest BCUT2D eigenvalue weighted by molar-refractivity contribution is 5.88. The van der Waals surface area contributed by atoms with Gasteiger partial charge in [-0.2, -0.15) is 0 Å². The maximum Gasteiger partial charge on any atom is 0.360 e. The molecule has 2 rings (SSSR count). The lowest BCUT2D eigenvalue weighted by Crippen LogP contribution is -2.14. The first kappa shape index (κ1) is 15.0. The van der Waals surface area contributed by atoms with Crippen molar-refractivity contribution in [2.45, 2.75) is 65.3 Å². The van der Waals surface area contributed by atoms with Crippen molar-refractivity contribution in [2.24, 2.45) is 5.92 Å². The Balaban J connectivity index is 2.07. The molecule has 0 atom stereocenters. The summed E-state index contributed by atoms with van der Waals surface area (Å²) < 4.78 is 7.17. The molecule has 1 fully saturated rings. The summed E-state index contributed by atoms with van der Waals surface area (Å²) in [6.45, 7) is 6.37. The van der Waals surface area contributed by atoms with E-state index in [9.17, 15) is 4.79 Å². The molecule has 1 heterocycles. The summed E-state index contributed by atoms with van der Waals surface area (Å²) in [5, 5.41) is 8.23. The summed E-state index contributed by atoms with van der Waals surface area (Å²) in [6, 6.07) is 0.386. The van der Waals surface area contributed by atoms with Crippen LogP contribution in [0.25, 0.3) is 0 Å². The summed E-state index contributed by atoms with van der Waals surface area (Å²) in [6.07, 6.45) is 7.32. The maximum absolute atomic E-state index is 12.0. The van der Waals surface area contributed by atoms with Gasteiger partial charge in [0.2, 0.25) is 0 Å². The quantitative estimate of drug-likeness (QED) is 0.627. The van der Waals surface area contributed by atoms with Gasteiger partial charge in [0.25, 0.3) is 0 Å². The van der Waals surface area contributed by atoms with E-state index in [-0.39, 0.29) is 5.97 Å². The molecule has 1 aliphatic carbocycles. The predicted molar refractivity (Wildman–Crippen MR) is 76.6 cm³/mol. The van der Waals surface area contributed by atoms with Gasteiger partial charge in [-0.3, -0.25) is 0 Å². The van der Waals surface area contributed by atoms with Crippen molar-refractivity contribution in [1.29, 1.82) is 0 Å². The standard InChI is InChI=1S/C15H25N3O2/c1-11(2)10-20-15(19)14-12(3)18(17-16-14)13-8-6-4-5-7-9-13/h11,13H,4-10H2,1-3H3. The van der Waals surface area contributed by atoms with E-state index in [1.165, 1.54) is 25.7 Å². The van der Waals surface area contributed by atoms with Gasteiger partial charge in [0.1, 0.15) is 0 Å². The highest BCUT2D eigenvalue weighted by Crippen LogP contribution is 2.27. The molecular formula is C15H25N3O2. The lowest BCUT2D eigenvalue weighted by molar-refractivity contribution is 0.0451. The van der Waals surface area contributed by atoms with Crippen LogP contribution in [0.5, 0.6) is 0 Å². The molecular weight excluding hydrogens is 254 g/mol. The number of carbonyl (C=O) groups is 1. The lowest BCUT2D eigenvalue weighted by Gasteiger charge is -2.15. The Labute approximate surface area is 120 Å². The van der Waals surface area contributed by atoms with E-state index >= 15 is 0 Å². The highest BCUT2D eigenvalue weighted by atomic mass is 16.5. The fourth-order valence-electron chi connectivity index (χ4n) is 2.69. The zero-order chi connectivity index (χ0) is 14.5. The van der Waals surface area contributed by atoms with E-state index in [2.05, 4.69) is 10.3 Å². The fraction of sp³-hybridized carbons (Fsp3) is 0.800. The van der Waals surface area contributed by atoms with Gasteiger partial charge >= 0.3 is 5.97 Å². The third-order valence-corrected chi connectivity index (χ3v) is 3.84. The van der Waals surface area contributed by atoms with Crippen molar-refractivity contribution < 1.29 is 9.53 Å². The second-order valence-corrected chi connectivity index (χ2v) is 6.11. The minimum absolute atomic E-state index is 0.330. The molecule has 5 heteroatoms. The van der Waals surface area contributed by atoms with Crippen LogP contribution in [0.15, 0.2) is 0 Å². The third-order valence-electron chi connectivity index (χ3n) is 3.84. The number of carbonyl (C=O) groups excluding carboxylic acids is 1. The number of aromatic nitrogens is 3. The number of esters is 1. The van der Waals surface area contributed by atoms with Gasteiger partial charge in [-0.15, -0.1) is 5.10 Å². The zero-order valence-electron chi connectivity index (χ0n) is 12.8. The molecule has 0 aliphatic heterocycles. The van der Waals surface area contributed by atoms with E-state index in [4.69, 9.17) is 4.74 Å². The van der Waals surface area contributed by atoms with Gasteiger partial charge in [0, 0.05) is 0 Å². The Morgan fingerprint density at radius 1 is 1.30 bits per heavy atom. The maximum atomic E-state index is 12.0. The fourth-order valence-corrected chi connectivity index (χ4v) is 2.69. The monoisotopic (exact) mass is 279 g/mol. The Morgan fingerprint density at radius 3 is 2.55 bits per heavy atom. The largest absolute Gasteiger partial charge is 0.461 e. The zero-order valence-corrected chi connectivity index (χ0v) is 12.8. The molecule has 0 radical (unpaired) electrons. The van der Waals surface area contributed by atoms with Gasteiger partial charge in [-0.25, -0.2) is 9.48 Å². The van der Waals surface area contributed by atoms with Gasteiger partial charge in [-0.05, 0) is 25.7 Å². The number of hydrogen-bond donors (Lipinski definition) is 0. The van der Waals surface area contributed by atoms with Crippen molar-refractivity contribution in [3.8, 4) is 0 Å². The molecule has 0 amide bonds. The molecule has 20 heavy (non-hydrogen) atoms. The van der Waals surface area contributed by atoms with E-state index < -0.39 is 0 Å². The van der Waals surface area contributed by atoms with E-state index in [0.29, 0.717) is 24.3 Å². The van der Waals surface area contributed by atoms with Crippen LogP contribution in [-0.2, 0) is 4.74 Å². The Morgan fingerprint density at radius 2 is 1.95 bits per heavy atom. The van der Waals surface area contributed by atoms with Crippen molar-refractivity contribution in [1.82, 2.24) is 15.0 Å². The average molecular weight is 279 g/mol. The molecule has 1 aromatic heterocycles. The SMILES string of the molecule is Cc1c(C(=O)OCC(C)C)nnn1C1CCCCCC1. The molecule has 1 aromatic rings. The molecule has 5 nitrogen and oxygen atoms in total. The van der Waals surface area contributed by atoms with E-state index in [1.807, 2.05) is 25.5 Å². The molecule has 1 aliphatic rings. The van der Waals surface area contributed by atoms with Crippen LogP contribution >= 0.6 is 0 Å². The molecule has 0 saturated heterocycles. The average Bonchev–Trinajstić information content (AvgIpc) is 2.65. The van der Waals surface area contributed by atoms with Gasteiger partial charge in [0.15, 0.2) is 5.69 Å². The first-order chi connectivity index (χ1) is 9.59. The number of rotatable bonds is 4. The first-order valence-corrected chi connectivity index (χ1v) is 7.68. The van der Waals surface area contributed by atoms with Crippen LogP contribution in [0, 0.1) is 12.8 Å². The summed E-state index contributed by atoms with van der Waals surface area (Å²) in [7, 11) is 0. The smallest absolute Gasteiger partial charge is 0.360 e. The predicted octanol–water partition coefficient (Wildman–Crippen LogP) is 3.29. The van der Waals surface area contributed by atoms with Gasteiger partial charge in [0.05, 0.1) is 18.3 Å². The molecule has 0 unspecified atom stereocenters. The normalized spacial score (nSPS) is 17.2. The summed E-state index contributed by atoms with van der Waals surface area (Å²) in [5.74, 6) is -0.0211. The molecule has 0 N–H and O–H groups in total. The van der Waals surface area contributed by atoms with Crippen molar-refractivity contribution in [2.75, 3.05) is 6.61 Å². The Hall–Kier alpha value is -1.39. The molecule has 0 aromatic carbocycles. The lowest BCUT2D eigenvalue weighted by atomic mass is 10.1. The second kappa shape index (κ2) is 6.86. The third kappa shape index (κ3) is 3.58. The topological polar surface area (TPSA) is 57.0 Å². The van der Waals surface area contributed by atoms with Crippen molar-refractivity contribution in [3.05, 3.63) is 11.4 Å². The minimum atomic E-state index is -0.351.